The van der Waals surface area contributed by atoms with E-state index in [1.54, 1.807) is 30.3 Å². The van der Waals surface area contributed by atoms with E-state index >= 15 is 0 Å². The lowest BCUT2D eigenvalue weighted by Crippen LogP contribution is -2.11. The van der Waals surface area contributed by atoms with E-state index in [0.29, 0.717) is 28.4 Å². The Morgan fingerprint density at radius 2 is 1.60 bits per heavy atom. The zero-order valence-electron chi connectivity index (χ0n) is 13.8. The highest BCUT2D eigenvalue weighted by Crippen LogP contribution is 2.30. The SMILES string of the molecule is CNc1ccc(Oc2ccc(NC(=O)c3ccccc3)cc2N)cc1. The number of nitrogen functional groups attached to an aromatic ring is 1. The fraction of sp³-hybridized carbons (Fsp3) is 0.0500. The third-order valence-corrected chi connectivity index (χ3v) is 3.67. The number of hydrogen-bond acceptors (Lipinski definition) is 4. The summed E-state index contributed by atoms with van der Waals surface area (Å²) in [6.45, 7) is 0. The lowest BCUT2D eigenvalue weighted by Gasteiger charge is -2.11. The summed E-state index contributed by atoms with van der Waals surface area (Å²) in [7, 11) is 1.86. The van der Waals surface area contributed by atoms with Crippen LogP contribution >= 0.6 is 0 Å². The Bertz CT molecular complexity index is 862. The van der Waals surface area contributed by atoms with Gasteiger partial charge in [0.15, 0.2) is 0 Å². The summed E-state index contributed by atoms with van der Waals surface area (Å²) in [4.78, 5) is 12.2. The molecule has 0 spiro atoms. The van der Waals surface area contributed by atoms with E-state index in [9.17, 15) is 4.79 Å². The second kappa shape index (κ2) is 7.40. The van der Waals surface area contributed by atoms with Gasteiger partial charge in [-0.15, -0.1) is 0 Å². The van der Waals surface area contributed by atoms with Gasteiger partial charge in [0.05, 0.1) is 5.69 Å². The van der Waals surface area contributed by atoms with Gasteiger partial charge in [-0.1, -0.05) is 18.2 Å². The molecule has 25 heavy (non-hydrogen) atoms. The Morgan fingerprint density at radius 1 is 0.920 bits per heavy atom. The van der Waals surface area contributed by atoms with Crippen LogP contribution in [-0.4, -0.2) is 13.0 Å². The topological polar surface area (TPSA) is 76.4 Å². The van der Waals surface area contributed by atoms with E-state index in [1.807, 2.05) is 49.5 Å². The molecule has 0 heterocycles. The molecule has 3 aromatic carbocycles. The number of hydrogen-bond donors (Lipinski definition) is 3. The third-order valence-electron chi connectivity index (χ3n) is 3.67. The minimum atomic E-state index is -0.184. The van der Waals surface area contributed by atoms with Gasteiger partial charge in [0.1, 0.15) is 11.5 Å². The number of rotatable bonds is 5. The van der Waals surface area contributed by atoms with Crippen molar-refractivity contribution in [3.8, 4) is 11.5 Å². The molecule has 0 unspecified atom stereocenters. The highest BCUT2D eigenvalue weighted by atomic mass is 16.5. The minimum absolute atomic E-state index is 0.184. The molecular formula is C20H19N3O2. The molecular weight excluding hydrogens is 314 g/mol. The molecule has 0 aliphatic heterocycles. The van der Waals surface area contributed by atoms with Crippen LogP contribution < -0.4 is 21.1 Å². The summed E-state index contributed by atoms with van der Waals surface area (Å²) in [5.74, 6) is 1.04. The summed E-state index contributed by atoms with van der Waals surface area (Å²) in [5, 5.41) is 5.87. The second-order valence-electron chi connectivity index (χ2n) is 5.45. The van der Waals surface area contributed by atoms with Crippen molar-refractivity contribution in [1.82, 2.24) is 0 Å². The minimum Gasteiger partial charge on any atom is -0.455 e. The Balaban J connectivity index is 1.71. The van der Waals surface area contributed by atoms with E-state index in [2.05, 4.69) is 10.6 Å². The summed E-state index contributed by atoms with van der Waals surface area (Å²) >= 11 is 0. The normalized spacial score (nSPS) is 10.1. The van der Waals surface area contributed by atoms with Crippen molar-refractivity contribution >= 4 is 23.0 Å². The van der Waals surface area contributed by atoms with Crippen LogP contribution in [0.2, 0.25) is 0 Å². The standard InChI is InChI=1S/C20H19N3O2/c1-22-15-7-10-17(11-8-15)25-19-12-9-16(13-18(19)21)23-20(24)14-5-3-2-4-6-14/h2-13,22H,21H2,1H3,(H,23,24). The highest BCUT2D eigenvalue weighted by molar-refractivity contribution is 6.04. The van der Waals surface area contributed by atoms with Gasteiger partial charge in [0.25, 0.3) is 5.91 Å². The van der Waals surface area contributed by atoms with Crippen molar-refractivity contribution < 1.29 is 9.53 Å². The second-order valence-corrected chi connectivity index (χ2v) is 5.45. The molecule has 0 saturated carbocycles. The smallest absolute Gasteiger partial charge is 0.255 e. The van der Waals surface area contributed by atoms with Gasteiger partial charge in [0, 0.05) is 24.0 Å². The first-order valence-electron chi connectivity index (χ1n) is 7.87. The number of nitrogens with two attached hydrogens (primary N) is 1. The average Bonchev–Trinajstić information content (AvgIpc) is 2.65. The molecule has 1 amide bonds. The number of benzene rings is 3. The van der Waals surface area contributed by atoms with E-state index in [1.165, 1.54) is 0 Å². The predicted molar refractivity (Wildman–Crippen MR) is 101 cm³/mol. The zero-order valence-corrected chi connectivity index (χ0v) is 13.8. The maximum Gasteiger partial charge on any atom is 0.255 e. The first-order valence-corrected chi connectivity index (χ1v) is 7.87. The number of anilines is 3. The van der Waals surface area contributed by atoms with Gasteiger partial charge in [-0.05, 0) is 54.6 Å². The van der Waals surface area contributed by atoms with Crippen LogP contribution in [0.15, 0.2) is 72.8 Å². The van der Waals surface area contributed by atoms with Crippen LogP contribution in [0.3, 0.4) is 0 Å². The molecule has 0 aliphatic rings. The molecule has 3 aromatic rings. The van der Waals surface area contributed by atoms with Gasteiger partial charge in [-0.2, -0.15) is 0 Å². The number of amides is 1. The molecule has 4 N–H and O–H groups in total. The summed E-state index contributed by atoms with van der Waals surface area (Å²) in [5.41, 5.74) is 8.70. The summed E-state index contributed by atoms with van der Waals surface area (Å²) in [6.07, 6.45) is 0. The van der Waals surface area contributed by atoms with Crippen molar-refractivity contribution in [2.45, 2.75) is 0 Å². The summed E-state index contributed by atoms with van der Waals surface area (Å²) < 4.78 is 5.79. The number of nitrogens with one attached hydrogen (secondary N) is 2. The van der Waals surface area contributed by atoms with E-state index in [-0.39, 0.29) is 5.91 Å². The quantitative estimate of drug-likeness (QED) is 0.607. The lowest BCUT2D eigenvalue weighted by atomic mass is 10.2. The molecule has 3 rings (SSSR count). The van der Waals surface area contributed by atoms with Gasteiger partial charge in [-0.25, -0.2) is 0 Å². The maximum atomic E-state index is 12.2. The van der Waals surface area contributed by atoms with Crippen molar-refractivity contribution in [3.63, 3.8) is 0 Å². The fourth-order valence-corrected chi connectivity index (χ4v) is 2.33. The number of carbonyl (C=O) groups excluding carboxylic acids is 1. The van der Waals surface area contributed by atoms with Gasteiger partial charge in [0.2, 0.25) is 0 Å². The number of ether oxygens (including phenoxy) is 1. The Hall–Kier alpha value is -3.47. The predicted octanol–water partition coefficient (Wildman–Crippen LogP) is 4.36. The number of carbonyl (C=O) groups is 1. The van der Waals surface area contributed by atoms with Crippen LogP contribution in [0.1, 0.15) is 10.4 Å². The van der Waals surface area contributed by atoms with Crippen LogP contribution in [0, 0.1) is 0 Å². The van der Waals surface area contributed by atoms with Gasteiger partial charge in [-0.3, -0.25) is 4.79 Å². The maximum absolute atomic E-state index is 12.2. The molecule has 0 aromatic heterocycles. The Labute approximate surface area is 146 Å². The molecule has 126 valence electrons. The summed E-state index contributed by atoms with van der Waals surface area (Å²) in [6, 6.07) is 21.7. The molecule has 0 radical (unpaired) electrons. The fourth-order valence-electron chi connectivity index (χ4n) is 2.33. The first-order chi connectivity index (χ1) is 12.2. The molecule has 0 atom stereocenters. The van der Waals surface area contributed by atoms with Crippen LogP contribution in [0.4, 0.5) is 17.1 Å². The molecule has 0 saturated heterocycles. The van der Waals surface area contributed by atoms with E-state index < -0.39 is 0 Å². The van der Waals surface area contributed by atoms with E-state index in [4.69, 9.17) is 10.5 Å². The van der Waals surface area contributed by atoms with Crippen LogP contribution in [0.25, 0.3) is 0 Å². The molecule has 5 heteroatoms. The Morgan fingerprint density at radius 3 is 2.24 bits per heavy atom. The largest absolute Gasteiger partial charge is 0.455 e. The average molecular weight is 333 g/mol. The lowest BCUT2D eigenvalue weighted by molar-refractivity contribution is 0.102. The highest BCUT2D eigenvalue weighted by Gasteiger charge is 2.08. The van der Waals surface area contributed by atoms with E-state index in [0.717, 1.165) is 5.69 Å². The molecule has 0 fully saturated rings. The molecule has 0 aliphatic carbocycles. The van der Waals surface area contributed by atoms with Crippen molar-refractivity contribution in [2.75, 3.05) is 23.4 Å². The monoisotopic (exact) mass is 333 g/mol. The first kappa shape index (κ1) is 16.4. The van der Waals surface area contributed by atoms with Crippen LogP contribution in [0.5, 0.6) is 11.5 Å². The molecule has 0 bridgehead atoms. The van der Waals surface area contributed by atoms with Gasteiger partial charge < -0.3 is 21.1 Å². The van der Waals surface area contributed by atoms with Crippen molar-refractivity contribution in [2.24, 2.45) is 0 Å². The third kappa shape index (κ3) is 4.09. The van der Waals surface area contributed by atoms with Crippen molar-refractivity contribution in [1.29, 1.82) is 0 Å². The molecule has 5 nitrogen and oxygen atoms in total. The van der Waals surface area contributed by atoms with Crippen LogP contribution in [-0.2, 0) is 0 Å². The zero-order chi connectivity index (χ0) is 17.6. The Kier molecular flexibility index (Phi) is 4.85. The van der Waals surface area contributed by atoms with Crippen molar-refractivity contribution in [3.05, 3.63) is 78.4 Å². The van der Waals surface area contributed by atoms with Gasteiger partial charge >= 0.3 is 0 Å².